The van der Waals surface area contributed by atoms with Gasteiger partial charge in [0, 0.05) is 16.3 Å². The topological polar surface area (TPSA) is 33.1 Å². The second kappa shape index (κ2) is 5.73. The van der Waals surface area contributed by atoms with E-state index in [2.05, 4.69) is 20.9 Å². The molecule has 2 aromatic carbocycles. The van der Waals surface area contributed by atoms with Crippen molar-refractivity contribution in [3.63, 3.8) is 0 Å². The van der Waals surface area contributed by atoms with Crippen molar-refractivity contribution in [1.29, 1.82) is 0 Å². The molecule has 3 rings (SSSR count). The molecule has 0 fully saturated rings. The van der Waals surface area contributed by atoms with Gasteiger partial charge in [-0.2, -0.15) is 0 Å². The quantitative estimate of drug-likeness (QED) is 0.779. The van der Waals surface area contributed by atoms with Crippen LogP contribution in [0, 0.1) is 0 Å². The monoisotopic (exact) mass is 327 g/mol. The highest BCUT2D eigenvalue weighted by Gasteiger charge is 2.10. The molecule has 1 atom stereocenters. The number of aromatic nitrogens is 1. The molecular weight excluding hydrogens is 314 g/mol. The van der Waals surface area contributed by atoms with Gasteiger partial charge in [-0.25, -0.2) is 0 Å². The van der Waals surface area contributed by atoms with E-state index in [-0.39, 0.29) is 0 Å². The molecule has 0 saturated carbocycles. The lowest BCUT2D eigenvalue weighted by Crippen LogP contribution is -2.04. The van der Waals surface area contributed by atoms with Crippen molar-refractivity contribution in [3.8, 4) is 0 Å². The van der Waals surface area contributed by atoms with Crippen molar-refractivity contribution in [1.82, 2.24) is 4.98 Å². The largest absolute Gasteiger partial charge is 0.386 e. The highest BCUT2D eigenvalue weighted by Crippen LogP contribution is 2.21. The second-order valence-corrected chi connectivity index (χ2v) is 5.69. The molecular formula is C17H14BrNO. The summed E-state index contributed by atoms with van der Waals surface area (Å²) >= 11 is 3.41. The minimum atomic E-state index is -0.583. The van der Waals surface area contributed by atoms with Crippen LogP contribution in [-0.4, -0.2) is 10.1 Å². The number of rotatable bonds is 3. The molecule has 20 heavy (non-hydrogen) atoms. The third kappa shape index (κ3) is 2.89. The lowest BCUT2D eigenvalue weighted by Gasteiger charge is -2.11. The van der Waals surface area contributed by atoms with Gasteiger partial charge in [-0.3, -0.25) is 4.98 Å². The van der Waals surface area contributed by atoms with Crippen molar-refractivity contribution >= 4 is 26.8 Å². The molecule has 3 heteroatoms. The molecule has 0 aliphatic carbocycles. The lowest BCUT2D eigenvalue weighted by molar-refractivity contribution is 0.174. The third-order valence-electron chi connectivity index (χ3n) is 3.30. The fourth-order valence-electron chi connectivity index (χ4n) is 2.22. The fraction of sp³-hybridized carbons (Fsp3) is 0.118. The van der Waals surface area contributed by atoms with Gasteiger partial charge in [0.15, 0.2) is 0 Å². The summed E-state index contributed by atoms with van der Waals surface area (Å²) in [6.45, 7) is 0. The molecule has 1 unspecified atom stereocenters. The first-order valence-electron chi connectivity index (χ1n) is 6.50. The molecule has 0 aliphatic heterocycles. The van der Waals surface area contributed by atoms with E-state index in [4.69, 9.17) is 0 Å². The molecule has 3 aromatic rings. The Balaban J connectivity index is 1.84. The van der Waals surface area contributed by atoms with Gasteiger partial charge >= 0.3 is 0 Å². The Morgan fingerprint density at radius 3 is 2.50 bits per heavy atom. The normalized spacial score (nSPS) is 12.5. The van der Waals surface area contributed by atoms with Gasteiger partial charge < -0.3 is 5.11 Å². The molecule has 0 aliphatic rings. The van der Waals surface area contributed by atoms with Crippen LogP contribution in [0.15, 0.2) is 65.1 Å². The molecule has 0 bridgehead atoms. The van der Waals surface area contributed by atoms with Crippen molar-refractivity contribution < 1.29 is 5.11 Å². The van der Waals surface area contributed by atoms with Crippen LogP contribution in [0.4, 0.5) is 0 Å². The van der Waals surface area contributed by atoms with Gasteiger partial charge in [0.1, 0.15) is 0 Å². The highest BCUT2D eigenvalue weighted by molar-refractivity contribution is 9.10. The average molecular weight is 328 g/mol. The van der Waals surface area contributed by atoms with Gasteiger partial charge in [-0.15, -0.1) is 0 Å². The molecule has 0 radical (unpaired) electrons. The number of hydrogen-bond acceptors (Lipinski definition) is 2. The Morgan fingerprint density at radius 2 is 1.70 bits per heavy atom. The predicted octanol–water partition coefficient (Wildman–Crippen LogP) is 4.27. The maximum Gasteiger partial charge on any atom is 0.1000 e. The Labute approximate surface area is 126 Å². The molecule has 0 amide bonds. The van der Waals surface area contributed by atoms with E-state index < -0.39 is 6.10 Å². The van der Waals surface area contributed by atoms with Gasteiger partial charge in [0.2, 0.25) is 0 Å². The Bertz CT molecular complexity index is 724. The van der Waals surface area contributed by atoms with Crippen LogP contribution in [0.5, 0.6) is 0 Å². The molecule has 100 valence electrons. The molecule has 2 nitrogen and oxygen atoms in total. The number of para-hydroxylation sites is 1. The number of benzene rings is 2. The van der Waals surface area contributed by atoms with Crippen molar-refractivity contribution in [3.05, 3.63) is 76.4 Å². The fourth-order valence-corrected chi connectivity index (χ4v) is 2.48. The molecule has 0 spiro atoms. The number of hydrogen-bond donors (Lipinski definition) is 1. The zero-order chi connectivity index (χ0) is 13.9. The summed E-state index contributed by atoms with van der Waals surface area (Å²) in [5, 5.41) is 11.4. The minimum absolute atomic E-state index is 0.568. The molecule has 1 aromatic heterocycles. The first kappa shape index (κ1) is 13.3. The maximum atomic E-state index is 10.3. The number of pyridine rings is 1. The van der Waals surface area contributed by atoms with Crippen molar-refractivity contribution in [2.75, 3.05) is 0 Å². The Hall–Kier alpha value is -1.71. The maximum absolute atomic E-state index is 10.3. The average Bonchev–Trinajstić information content (AvgIpc) is 2.49. The zero-order valence-electron chi connectivity index (χ0n) is 10.8. The second-order valence-electron chi connectivity index (χ2n) is 4.78. The van der Waals surface area contributed by atoms with E-state index in [0.717, 1.165) is 20.9 Å². The van der Waals surface area contributed by atoms with E-state index in [1.165, 1.54) is 0 Å². The van der Waals surface area contributed by atoms with E-state index in [1.54, 1.807) is 0 Å². The number of aliphatic hydroxyl groups excluding tert-OH is 1. The minimum Gasteiger partial charge on any atom is -0.386 e. The van der Waals surface area contributed by atoms with Crippen molar-refractivity contribution in [2.45, 2.75) is 12.5 Å². The lowest BCUT2D eigenvalue weighted by atomic mass is 10.0. The smallest absolute Gasteiger partial charge is 0.1000 e. The van der Waals surface area contributed by atoms with Crippen LogP contribution in [0.1, 0.15) is 17.4 Å². The number of halogens is 1. The summed E-state index contributed by atoms with van der Waals surface area (Å²) in [7, 11) is 0. The third-order valence-corrected chi connectivity index (χ3v) is 3.83. The van der Waals surface area contributed by atoms with Gasteiger partial charge in [0.05, 0.1) is 17.3 Å². The standard InChI is InChI=1S/C17H14BrNO/c18-14-8-5-12(6-9-14)11-17(20)16-10-7-13-3-1-2-4-15(13)19-16/h1-10,17,20H,11H2. The summed E-state index contributed by atoms with van der Waals surface area (Å²) in [6, 6.07) is 19.8. The van der Waals surface area contributed by atoms with Crippen LogP contribution >= 0.6 is 15.9 Å². The van der Waals surface area contributed by atoms with E-state index in [0.29, 0.717) is 12.1 Å². The van der Waals surface area contributed by atoms with Crippen LogP contribution < -0.4 is 0 Å². The van der Waals surface area contributed by atoms with Crippen LogP contribution in [0.25, 0.3) is 10.9 Å². The number of fused-ring (bicyclic) bond motifs is 1. The van der Waals surface area contributed by atoms with E-state index in [9.17, 15) is 5.11 Å². The highest BCUT2D eigenvalue weighted by atomic mass is 79.9. The van der Waals surface area contributed by atoms with Crippen LogP contribution in [-0.2, 0) is 6.42 Å². The Kier molecular flexibility index (Phi) is 3.81. The summed E-state index contributed by atoms with van der Waals surface area (Å²) in [6.07, 6.45) is -0.0145. The predicted molar refractivity (Wildman–Crippen MR) is 84.5 cm³/mol. The van der Waals surface area contributed by atoms with Crippen molar-refractivity contribution in [2.24, 2.45) is 0 Å². The van der Waals surface area contributed by atoms with E-state index >= 15 is 0 Å². The number of nitrogens with zero attached hydrogens (tertiary/aromatic N) is 1. The summed E-state index contributed by atoms with van der Waals surface area (Å²) in [4.78, 5) is 4.53. The first-order chi connectivity index (χ1) is 9.72. The van der Waals surface area contributed by atoms with Gasteiger partial charge in [0.25, 0.3) is 0 Å². The first-order valence-corrected chi connectivity index (χ1v) is 7.30. The zero-order valence-corrected chi connectivity index (χ0v) is 12.4. The molecule has 1 heterocycles. The van der Waals surface area contributed by atoms with Gasteiger partial charge in [-0.1, -0.05) is 52.3 Å². The molecule has 0 saturated heterocycles. The van der Waals surface area contributed by atoms with Crippen LogP contribution in [0.3, 0.4) is 0 Å². The SMILES string of the molecule is OC(Cc1ccc(Br)cc1)c1ccc2ccccc2n1. The summed E-state index contributed by atoms with van der Waals surface area (Å²) in [5.74, 6) is 0. The summed E-state index contributed by atoms with van der Waals surface area (Å²) in [5.41, 5.74) is 2.72. The summed E-state index contributed by atoms with van der Waals surface area (Å²) < 4.78 is 1.04. The van der Waals surface area contributed by atoms with E-state index in [1.807, 2.05) is 60.7 Å². The van der Waals surface area contributed by atoms with Gasteiger partial charge in [-0.05, 0) is 29.8 Å². The number of aliphatic hydroxyl groups is 1. The van der Waals surface area contributed by atoms with Crippen LogP contribution in [0.2, 0.25) is 0 Å². The Morgan fingerprint density at radius 1 is 0.950 bits per heavy atom. The molecule has 1 N–H and O–H groups in total.